The second-order valence-electron chi connectivity index (χ2n) is 8.66. The Labute approximate surface area is 179 Å². The van der Waals surface area contributed by atoms with E-state index in [0.29, 0.717) is 19.7 Å². The lowest BCUT2D eigenvalue weighted by atomic mass is 9.88. The quantitative estimate of drug-likeness (QED) is 0.629. The van der Waals surface area contributed by atoms with Crippen molar-refractivity contribution in [3.05, 3.63) is 59.7 Å². The first-order valence-corrected chi connectivity index (χ1v) is 10.7. The molecule has 1 aromatic carbocycles. The van der Waals surface area contributed by atoms with E-state index >= 15 is 0 Å². The van der Waals surface area contributed by atoms with Crippen molar-refractivity contribution in [2.75, 3.05) is 39.9 Å². The minimum absolute atomic E-state index is 0.0599. The second-order valence-corrected chi connectivity index (χ2v) is 8.66. The topological polar surface area (TPSA) is 37.7 Å². The van der Waals surface area contributed by atoms with Crippen LogP contribution in [0.5, 0.6) is 0 Å². The number of rotatable bonds is 9. The molecule has 1 aliphatic rings. The molecule has 0 unspecified atom stereocenters. The molecule has 1 saturated heterocycles. The number of nitrogens with zero attached hydrogens (tertiary/aromatic N) is 3. The molecule has 5 nitrogen and oxygen atoms in total. The molecule has 1 aromatic heterocycles. The van der Waals surface area contributed by atoms with Crippen LogP contribution in [0.3, 0.4) is 0 Å². The van der Waals surface area contributed by atoms with Gasteiger partial charge in [-0.05, 0) is 35.7 Å². The van der Waals surface area contributed by atoms with Crippen LogP contribution in [0, 0.1) is 17.7 Å². The molecule has 2 heterocycles. The fourth-order valence-electron chi connectivity index (χ4n) is 4.42. The Morgan fingerprint density at radius 2 is 2.07 bits per heavy atom. The molecule has 0 radical (unpaired) electrons. The highest BCUT2D eigenvalue weighted by atomic mass is 19.1. The van der Waals surface area contributed by atoms with Crippen molar-refractivity contribution in [2.24, 2.45) is 18.9 Å². The molecule has 1 amide bonds. The lowest BCUT2D eigenvalue weighted by molar-refractivity contribution is -0.135. The molecule has 2 atom stereocenters. The van der Waals surface area contributed by atoms with Crippen LogP contribution in [0.15, 0.2) is 42.6 Å². The minimum atomic E-state index is -0.207. The van der Waals surface area contributed by atoms with Gasteiger partial charge in [0.05, 0.1) is 6.61 Å². The third-order valence-corrected chi connectivity index (χ3v) is 6.06. The molecular formula is C24H34FN3O2. The molecule has 1 fully saturated rings. The van der Waals surface area contributed by atoms with Crippen LogP contribution >= 0.6 is 0 Å². The zero-order valence-electron chi connectivity index (χ0n) is 18.6. The number of hydrogen-bond donors (Lipinski definition) is 0. The predicted molar refractivity (Wildman–Crippen MR) is 117 cm³/mol. The van der Waals surface area contributed by atoms with Gasteiger partial charge in [0.25, 0.3) is 0 Å². The van der Waals surface area contributed by atoms with Crippen molar-refractivity contribution < 1.29 is 13.9 Å². The lowest BCUT2D eigenvalue weighted by Gasteiger charge is -2.29. The smallest absolute Gasteiger partial charge is 0.225 e. The maximum absolute atomic E-state index is 14.0. The second kappa shape index (κ2) is 10.2. The molecular weight excluding hydrogens is 381 g/mol. The number of likely N-dealkylation sites (tertiary alicyclic amines) is 1. The van der Waals surface area contributed by atoms with Gasteiger partial charge in [-0.3, -0.25) is 9.69 Å². The Morgan fingerprint density at radius 1 is 1.27 bits per heavy atom. The van der Waals surface area contributed by atoms with Gasteiger partial charge in [-0.15, -0.1) is 0 Å². The first-order chi connectivity index (χ1) is 14.4. The Morgan fingerprint density at radius 3 is 2.70 bits per heavy atom. The van der Waals surface area contributed by atoms with Gasteiger partial charge in [-0.25, -0.2) is 4.39 Å². The molecule has 1 aliphatic heterocycles. The van der Waals surface area contributed by atoms with Crippen molar-refractivity contribution in [3.63, 3.8) is 0 Å². The maximum atomic E-state index is 14.0. The largest absolute Gasteiger partial charge is 0.383 e. The van der Waals surface area contributed by atoms with E-state index in [2.05, 4.69) is 34.8 Å². The number of carbonyl (C=O) groups excluding carboxylic acids is 1. The Kier molecular flexibility index (Phi) is 7.67. The third-order valence-electron chi connectivity index (χ3n) is 6.06. The van der Waals surface area contributed by atoms with Gasteiger partial charge in [0, 0.05) is 70.6 Å². The first kappa shape index (κ1) is 22.5. The summed E-state index contributed by atoms with van der Waals surface area (Å²) >= 11 is 0. The van der Waals surface area contributed by atoms with Crippen LogP contribution in [0.1, 0.15) is 31.0 Å². The number of methoxy groups -OCH3 is 1. The number of aryl methyl sites for hydroxylation is 1. The molecule has 0 spiro atoms. The van der Waals surface area contributed by atoms with Crippen LogP contribution < -0.4 is 0 Å². The predicted octanol–water partition coefficient (Wildman–Crippen LogP) is 3.51. The molecule has 2 aromatic rings. The van der Waals surface area contributed by atoms with Crippen LogP contribution in [0.25, 0.3) is 0 Å². The molecule has 0 saturated carbocycles. The molecule has 164 valence electrons. The maximum Gasteiger partial charge on any atom is 0.225 e. The van der Waals surface area contributed by atoms with Crippen molar-refractivity contribution in [3.8, 4) is 0 Å². The Hall–Kier alpha value is -2.18. The third kappa shape index (κ3) is 5.49. The van der Waals surface area contributed by atoms with Crippen LogP contribution in [0.2, 0.25) is 0 Å². The number of amides is 1. The van der Waals surface area contributed by atoms with Gasteiger partial charge in [0.2, 0.25) is 5.91 Å². The highest BCUT2D eigenvalue weighted by molar-refractivity contribution is 5.78. The normalized spacial score (nSPS) is 19.5. The van der Waals surface area contributed by atoms with Crippen LogP contribution in [-0.4, -0.2) is 60.2 Å². The Bertz CT molecular complexity index is 835. The zero-order valence-corrected chi connectivity index (χ0v) is 18.6. The van der Waals surface area contributed by atoms with Gasteiger partial charge in [0.15, 0.2) is 0 Å². The van der Waals surface area contributed by atoms with Gasteiger partial charge in [-0.1, -0.05) is 26.0 Å². The lowest BCUT2D eigenvalue weighted by Crippen LogP contribution is -2.41. The monoisotopic (exact) mass is 415 g/mol. The summed E-state index contributed by atoms with van der Waals surface area (Å²) in [6.07, 6.45) is 2.06. The van der Waals surface area contributed by atoms with Crippen molar-refractivity contribution in [2.45, 2.75) is 26.3 Å². The SMILES string of the molecule is COCCN(C[C@@H]1CN(Cc2cccn2C)C[C@@H]1c1cccc(F)c1)C(=O)C(C)C. The van der Waals surface area contributed by atoms with E-state index in [1.54, 1.807) is 19.2 Å². The van der Waals surface area contributed by atoms with E-state index in [9.17, 15) is 9.18 Å². The summed E-state index contributed by atoms with van der Waals surface area (Å²) in [5, 5.41) is 0. The van der Waals surface area contributed by atoms with E-state index in [0.717, 1.165) is 25.2 Å². The van der Waals surface area contributed by atoms with Crippen molar-refractivity contribution >= 4 is 5.91 Å². The van der Waals surface area contributed by atoms with E-state index < -0.39 is 0 Å². The number of halogens is 1. The molecule has 0 N–H and O–H groups in total. The number of aromatic nitrogens is 1. The number of hydrogen-bond acceptors (Lipinski definition) is 3. The van der Waals surface area contributed by atoms with E-state index in [-0.39, 0.29) is 29.5 Å². The number of carbonyl (C=O) groups is 1. The molecule has 0 aliphatic carbocycles. The van der Waals surface area contributed by atoms with Crippen LogP contribution in [0.4, 0.5) is 4.39 Å². The zero-order chi connectivity index (χ0) is 21.7. The summed E-state index contributed by atoms with van der Waals surface area (Å²) in [6, 6.07) is 11.1. The molecule has 3 rings (SSSR count). The standard InChI is InChI=1S/C24H34FN3O2/c1-18(2)24(29)28(11-12-30-4)15-20-14-27(16-22-9-6-10-26(22)3)17-23(20)19-7-5-8-21(25)13-19/h5-10,13,18,20,23H,11-12,14-17H2,1-4H3/t20-,23+/m0/s1. The first-order valence-electron chi connectivity index (χ1n) is 10.7. The Balaban J connectivity index is 1.81. The fourth-order valence-corrected chi connectivity index (χ4v) is 4.42. The van der Waals surface area contributed by atoms with Crippen molar-refractivity contribution in [1.82, 2.24) is 14.4 Å². The summed E-state index contributed by atoms with van der Waals surface area (Å²) in [6.45, 7) is 8.20. The van der Waals surface area contributed by atoms with Gasteiger partial charge in [-0.2, -0.15) is 0 Å². The average molecular weight is 416 g/mol. The summed E-state index contributed by atoms with van der Waals surface area (Å²) in [4.78, 5) is 17.2. The van der Waals surface area contributed by atoms with E-state index in [1.807, 2.05) is 24.8 Å². The average Bonchev–Trinajstić information content (AvgIpc) is 3.30. The van der Waals surface area contributed by atoms with Crippen LogP contribution in [-0.2, 0) is 23.1 Å². The van der Waals surface area contributed by atoms with Gasteiger partial charge < -0.3 is 14.2 Å². The van der Waals surface area contributed by atoms with E-state index in [1.165, 1.54) is 11.8 Å². The highest BCUT2D eigenvalue weighted by Gasteiger charge is 2.36. The van der Waals surface area contributed by atoms with Crippen molar-refractivity contribution in [1.29, 1.82) is 0 Å². The minimum Gasteiger partial charge on any atom is -0.383 e. The van der Waals surface area contributed by atoms with E-state index in [4.69, 9.17) is 4.74 Å². The van der Waals surface area contributed by atoms with Gasteiger partial charge >= 0.3 is 0 Å². The summed E-state index contributed by atoms with van der Waals surface area (Å²) < 4.78 is 21.3. The number of ether oxygens (including phenoxy) is 1. The fraction of sp³-hybridized carbons (Fsp3) is 0.542. The molecule has 6 heteroatoms. The highest BCUT2D eigenvalue weighted by Crippen LogP contribution is 2.34. The summed E-state index contributed by atoms with van der Waals surface area (Å²) in [7, 11) is 3.71. The summed E-state index contributed by atoms with van der Waals surface area (Å²) in [5.41, 5.74) is 2.27. The number of benzene rings is 1. The van der Waals surface area contributed by atoms with Gasteiger partial charge in [0.1, 0.15) is 5.82 Å². The summed E-state index contributed by atoms with van der Waals surface area (Å²) in [5.74, 6) is 0.306. The molecule has 30 heavy (non-hydrogen) atoms. The molecule has 0 bridgehead atoms.